The van der Waals surface area contributed by atoms with Crippen LogP contribution in [0.15, 0.2) is 108 Å². The normalized spacial score (nSPS) is 11.0. The van der Waals surface area contributed by atoms with Crippen molar-refractivity contribution >= 4 is 32.7 Å². The Morgan fingerprint density at radius 3 is 2.17 bits per heavy atom. The van der Waals surface area contributed by atoms with Gasteiger partial charge >= 0.3 is 0 Å². The molecule has 1 aromatic heterocycles. The highest BCUT2D eigenvalue weighted by Gasteiger charge is 2.21. The minimum Gasteiger partial charge on any atom is -0.496 e. The van der Waals surface area contributed by atoms with E-state index in [9.17, 15) is 4.79 Å². The first kappa shape index (κ1) is 23.9. The maximum Gasteiger partial charge on any atom is 0.256 e. The Hall–Kier alpha value is -3.83. The number of amides is 1. The van der Waals surface area contributed by atoms with Gasteiger partial charge in [-0.3, -0.25) is 4.79 Å². The van der Waals surface area contributed by atoms with E-state index in [1.807, 2.05) is 77.3 Å². The second kappa shape index (κ2) is 10.4. The number of fused-ring (bicyclic) bond motifs is 1. The Kier molecular flexibility index (Phi) is 6.92. The van der Waals surface area contributed by atoms with Crippen LogP contribution in [0, 0.1) is 0 Å². The summed E-state index contributed by atoms with van der Waals surface area (Å²) < 4.78 is 8.29. The van der Waals surface area contributed by atoms with Gasteiger partial charge in [0.25, 0.3) is 5.91 Å². The molecule has 0 atom stereocenters. The van der Waals surface area contributed by atoms with Crippen molar-refractivity contribution in [3.8, 4) is 16.9 Å². The van der Waals surface area contributed by atoms with Gasteiger partial charge in [0.1, 0.15) is 5.75 Å². The van der Waals surface area contributed by atoms with Gasteiger partial charge in [0.15, 0.2) is 0 Å². The minimum absolute atomic E-state index is 0.0267. The molecule has 1 heterocycles. The summed E-state index contributed by atoms with van der Waals surface area (Å²) in [5.41, 5.74) is 6.17. The Balaban J connectivity index is 1.44. The number of hydrogen-bond donors (Lipinski definition) is 0. The van der Waals surface area contributed by atoms with E-state index < -0.39 is 0 Å². The predicted octanol–water partition coefficient (Wildman–Crippen LogP) is 7.46. The molecule has 1 amide bonds. The molecular weight excluding hydrogens is 512 g/mol. The highest BCUT2D eigenvalue weighted by molar-refractivity contribution is 9.10. The van der Waals surface area contributed by atoms with Crippen LogP contribution in [-0.2, 0) is 20.1 Å². The topological polar surface area (TPSA) is 34.5 Å². The largest absolute Gasteiger partial charge is 0.496 e. The highest BCUT2D eigenvalue weighted by Crippen LogP contribution is 2.31. The first-order valence-electron chi connectivity index (χ1n) is 11.8. The molecule has 0 aliphatic rings. The average Bonchev–Trinajstić information content (AvgIpc) is 3.25. The van der Waals surface area contributed by atoms with Crippen molar-refractivity contribution in [3.63, 3.8) is 0 Å². The van der Waals surface area contributed by atoms with Crippen LogP contribution in [-0.4, -0.2) is 22.5 Å². The lowest BCUT2D eigenvalue weighted by atomic mass is 10.0. The Bertz CT molecular complexity index is 1510. The Morgan fingerprint density at radius 1 is 0.833 bits per heavy atom. The van der Waals surface area contributed by atoms with Crippen molar-refractivity contribution in [2.45, 2.75) is 13.1 Å². The number of aromatic nitrogens is 1. The van der Waals surface area contributed by atoms with E-state index in [0.717, 1.165) is 48.9 Å². The maximum atomic E-state index is 13.9. The first-order chi connectivity index (χ1) is 17.5. The molecular formula is C31H27BrN2O2. The molecule has 36 heavy (non-hydrogen) atoms. The monoisotopic (exact) mass is 538 g/mol. The first-order valence-corrected chi connectivity index (χ1v) is 12.6. The van der Waals surface area contributed by atoms with Gasteiger partial charge in [0.2, 0.25) is 0 Å². The summed E-state index contributed by atoms with van der Waals surface area (Å²) in [6.07, 6.45) is 1.94. The number of carbonyl (C=O) groups is 1. The third kappa shape index (κ3) is 4.93. The molecule has 5 heteroatoms. The summed E-state index contributed by atoms with van der Waals surface area (Å²) in [6, 6.07) is 32.7. The standard InChI is InChI=1S/C31H27BrN2O2/c1-33-21-27(26-10-6-7-11-29(26)33)31(35)34(19-22-8-4-3-5-9-22)20-23-12-14-24(15-13-23)25-16-17-30(36-2)28(32)18-25/h3-18,21H,19-20H2,1-2H3. The van der Waals surface area contributed by atoms with Crippen LogP contribution in [0.4, 0.5) is 0 Å². The lowest BCUT2D eigenvalue weighted by Gasteiger charge is -2.23. The van der Waals surface area contributed by atoms with Gasteiger partial charge in [-0.25, -0.2) is 0 Å². The van der Waals surface area contributed by atoms with E-state index in [2.05, 4.69) is 58.4 Å². The zero-order valence-corrected chi connectivity index (χ0v) is 21.9. The van der Waals surface area contributed by atoms with E-state index >= 15 is 0 Å². The molecule has 0 aliphatic heterocycles. The van der Waals surface area contributed by atoms with Gasteiger partial charge < -0.3 is 14.2 Å². The molecule has 0 spiro atoms. The summed E-state index contributed by atoms with van der Waals surface area (Å²) in [5.74, 6) is 0.831. The van der Waals surface area contributed by atoms with E-state index in [1.54, 1.807) is 7.11 Å². The summed E-state index contributed by atoms with van der Waals surface area (Å²) in [7, 11) is 3.65. The van der Waals surface area contributed by atoms with E-state index in [4.69, 9.17) is 4.74 Å². The average molecular weight is 539 g/mol. The summed E-state index contributed by atoms with van der Waals surface area (Å²) >= 11 is 3.57. The van der Waals surface area contributed by atoms with Crippen LogP contribution in [0.1, 0.15) is 21.5 Å². The van der Waals surface area contributed by atoms with Crippen LogP contribution in [0.3, 0.4) is 0 Å². The molecule has 4 nitrogen and oxygen atoms in total. The molecule has 0 bridgehead atoms. The van der Waals surface area contributed by atoms with Crippen LogP contribution in [0.25, 0.3) is 22.0 Å². The van der Waals surface area contributed by atoms with Crippen molar-refractivity contribution in [2.75, 3.05) is 7.11 Å². The molecule has 180 valence electrons. The van der Waals surface area contributed by atoms with Crippen LogP contribution >= 0.6 is 15.9 Å². The molecule has 0 N–H and O–H groups in total. The van der Waals surface area contributed by atoms with Gasteiger partial charge in [-0.1, -0.05) is 78.9 Å². The fraction of sp³-hybridized carbons (Fsp3) is 0.129. The van der Waals surface area contributed by atoms with E-state index in [1.165, 1.54) is 0 Å². The van der Waals surface area contributed by atoms with Gasteiger partial charge in [-0.15, -0.1) is 0 Å². The van der Waals surface area contributed by atoms with Gasteiger partial charge in [-0.05, 0) is 56.4 Å². The van der Waals surface area contributed by atoms with Crippen LogP contribution in [0.2, 0.25) is 0 Å². The molecule has 0 saturated heterocycles. The smallest absolute Gasteiger partial charge is 0.256 e. The van der Waals surface area contributed by atoms with Crippen molar-refractivity contribution in [1.82, 2.24) is 9.47 Å². The minimum atomic E-state index is 0.0267. The van der Waals surface area contributed by atoms with Crippen molar-refractivity contribution in [1.29, 1.82) is 0 Å². The molecule has 0 fully saturated rings. The van der Waals surface area contributed by atoms with Crippen molar-refractivity contribution in [3.05, 3.63) is 124 Å². The quantitative estimate of drug-likeness (QED) is 0.215. The number of aryl methyl sites for hydroxylation is 1. The van der Waals surface area contributed by atoms with Crippen LogP contribution in [0.5, 0.6) is 5.75 Å². The predicted molar refractivity (Wildman–Crippen MR) is 149 cm³/mol. The number of hydrogen-bond acceptors (Lipinski definition) is 2. The molecule has 5 aromatic rings. The summed E-state index contributed by atoms with van der Waals surface area (Å²) in [4.78, 5) is 15.8. The number of carbonyl (C=O) groups excluding carboxylic acids is 1. The number of nitrogens with zero attached hydrogens (tertiary/aromatic N) is 2. The zero-order chi connectivity index (χ0) is 25.1. The molecule has 5 rings (SSSR count). The van der Waals surface area contributed by atoms with Gasteiger partial charge in [0, 0.05) is 37.2 Å². The van der Waals surface area contributed by atoms with Crippen LogP contribution < -0.4 is 4.74 Å². The fourth-order valence-electron chi connectivity index (χ4n) is 4.55. The lowest BCUT2D eigenvalue weighted by molar-refractivity contribution is 0.0732. The summed E-state index contributed by atoms with van der Waals surface area (Å²) in [6.45, 7) is 1.06. The lowest BCUT2D eigenvalue weighted by Crippen LogP contribution is -2.30. The fourth-order valence-corrected chi connectivity index (χ4v) is 5.10. The molecule has 0 unspecified atom stereocenters. The number of methoxy groups -OCH3 is 1. The maximum absolute atomic E-state index is 13.9. The third-order valence-electron chi connectivity index (χ3n) is 6.44. The molecule has 0 aliphatic carbocycles. The van der Waals surface area contributed by atoms with E-state index in [-0.39, 0.29) is 5.91 Å². The third-order valence-corrected chi connectivity index (χ3v) is 7.06. The number of para-hydroxylation sites is 1. The van der Waals surface area contributed by atoms with Gasteiger partial charge in [-0.2, -0.15) is 0 Å². The van der Waals surface area contributed by atoms with Crippen molar-refractivity contribution < 1.29 is 9.53 Å². The highest BCUT2D eigenvalue weighted by atomic mass is 79.9. The summed E-state index contributed by atoms with van der Waals surface area (Å²) in [5, 5.41) is 0.975. The second-order valence-corrected chi connectivity index (χ2v) is 9.72. The molecule has 0 radical (unpaired) electrons. The number of rotatable bonds is 7. The SMILES string of the molecule is COc1ccc(-c2ccc(CN(Cc3ccccc3)C(=O)c3cn(C)c4ccccc34)cc2)cc1Br. The van der Waals surface area contributed by atoms with Gasteiger partial charge in [0.05, 0.1) is 17.1 Å². The number of ether oxygens (including phenoxy) is 1. The molecule has 0 saturated carbocycles. The zero-order valence-electron chi connectivity index (χ0n) is 20.3. The Labute approximate surface area is 219 Å². The molecule has 4 aromatic carbocycles. The number of benzene rings is 4. The van der Waals surface area contributed by atoms with E-state index in [0.29, 0.717) is 13.1 Å². The van der Waals surface area contributed by atoms with Crippen molar-refractivity contribution in [2.24, 2.45) is 7.05 Å². The second-order valence-electron chi connectivity index (χ2n) is 8.86. The Morgan fingerprint density at radius 2 is 1.47 bits per heavy atom. The number of halogens is 1.